The molecule has 0 aromatic heterocycles. The van der Waals surface area contributed by atoms with E-state index >= 15 is 0 Å². The zero-order valence-electron chi connectivity index (χ0n) is 13.8. The van der Waals surface area contributed by atoms with Gasteiger partial charge in [0.15, 0.2) is 0 Å². The molecule has 1 atom stereocenters. The average molecular weight is 302 g/mol. The van der Waals surface area contributed by atoms with Gasteiger partial charge in [0.25, 0.3) is 0 Å². The third-order valence-corrected chi connectivity index (χ3v) is 3.87. The maximum absolute atomic E-state index is 12.4. The van der Waals surface area contributed by atoms with Gasteiger partial charge in [0.2, 0.25) is 11.8 Å². The molecule has 120 valence electrons. The summed E-state index contributed by atoms with van der Waals surface area (Å²) in [6, 6.07) is 9.52. The van der Waals surface area contributed by atoms with Crippen molar-refractivity contribution in [3.05, 3.63) is 35.9 Å². The van der Waals surface area contributed by atoms with Crippen LogP contribution in [-0.2, 0) is 16.1 Å². The fourth-order valence-corrected chi connectivity index (χ4v) is 2.80. The van der Waals surface area contributed by atoms with Gasteiger partial charge in [0.1, 0.15) is 6.04 Å². The molecule has 0 aliphatic carbocycles. The Morgan fingerprint density at radius 1 is 1.23 bits per heavy atom. The van der Waals surface area contributed by atoms with Gasteiger partial charge in [-0.3, -0.25) is 9.59 Å². The van der Waals surface area contributed by atoms with E-state index in [-0.39, 0.29) is 23.3 Å². The van der Waals surface area contributed by atoms with Gasteiger partial charge in [-0.2, -0.15) is 0 Å². The molecular weight excluding hydrogens is 276 g/mol. The third kappa shape index (κ3) is 4.58. The normalized spacial score (nSPS) is 18.3. The Labute approximate surface area is 132 Å². The molecule has 0 saturated carbocycles. The number of likely N-dealkylation sites (tertiary alicyclic amines) is 1. The monoisotopic (exact) mass is 302 g/mol. The predicted octanol–water partition coefficient (Wildman–Crippen LogP) is 2.73. The van der Waals surface area contributed by atoms with Gasteiger partial charge in [-0.15, -0.1) is 0 Å². The van der Waals surface area contributed by atoms with Crippen molar-refractivity contribution in [3.8, 4) is 0 Å². The zero-order chi connectivity index (χ0) is 16.2. The molecule has 1 unspecified atom stereocenters. The van der Waals surface area contributed by atoms with E-state index in [1.165, 1.54) is 0 Å². The highest BCUT2D eigenvalue weighted by atomic mass is 16.2. The molecule has 0 spiro atoms. The summed E-state index contributed by atoms with van der Waals surface area (Å²) in [5, 5.41) is 2.96. The van der Waals surface area contributed by atoms with E-state index in [0.29, 0.717) is 19.5 Å². The Hall–Kier alpha value is -1.84. The van der Waals surface area contributed by atoms with Gasteiger partial charge in [0, 0.05) is 19.5 Å². The number of carbonyl (C=O) groups is 2. The Morgan fingerprint density at radius 2 is 1.91 bits per heavy atom. The fourth-order valence-electron chi connectivity index (χ4n) is 2.80. The summed E-state index contributed by atoms with van der Waals surface area (Å²) in [5.74, 6) is 0.0495. The maximum Gasteiger partial charge on any atom is 0.243 e. The summed E-state index contributed by atoms with van der Waals surface area (Å²) in [5.41, 5.74) is 1.02. The summed E-state index contributed by atoms with van der Waals surface area (Å²) >= 11 is 0. The van der Waals surface area contributed by atoms with Crippen molar-refractivity contribution < 1.29 is 9.59 Å². The van der Waals surface area contributed by atoms with Crippen molar-refractivity contribution in [3.63, 3.8) is 0 Å². The molecule has 0 radical (unpaired) electrons. The van der Waals surface area contributed by atoms with E-state index in [9.17, 15) is 9.59 Å². The minimum Gasteiger partial charge on any atom is -0.350 e. The Bertz CT molecular complexity index is 520. The topological polar surface area (TPSA) is 49.4 Å². The van der Waals surface area contributed by atoms with E-state index in [2.05, 4.69) is 5.32 Å². The van der Waals surface area contributed by atoms with E-state index < -0.39 is 0 Å². The summed E-state index contributed by atoms with van der Waals surface area (Å²) < 4.78 is 0. The molecular formula is C18H26N2O2. The molecule has 1 aliphatic heterocycles. The molecule has 1 saturated heterocycles. The van der Waals surface area contributed by atoms with Gasteiger partial charge in [-0.05, 0) is 23.8 Å². The van der Waals surface area contributed by atoms with Crippen LogP contribution in [0.15, 0.2) is 30.3 Å². The number of nitrogens with one attached hydrogen (secondary N) is 1. The van der Waals surface area contributed by atoms with Crippen molar-refractivity contribution in [2.24, 2.45) is 5.41 Å². The van der Waals surface area contributed by atoms with Crippen molar-refractivity contribution in [1.82, 2.24) is 10.2 Å². The Balaban J connectivity index is 1.92. The van der Waals surface area contributed by atoms with Crippen LogP contribution in [0.4, 0.5) is 0 Å². The van der Waals surface area contributed by atoms with Crippen molar-refractivity contribution in [1.29, 1.82) is 0 Å². The van der Waals surface area contributed by atoms with E-state index in [4.69, 9.17) is 0 Å². The number of nitrogens with zero attached hydrogens (tertiary/aromatic N) is 1. The number of hydrogen-bond donors (Lipinski definition) is 1. The van der Waals surface area contributed by atoms with Gasteiger partial charge in [-0.1, -0.05) is 51.1 Å². The van der Waals surface area contributed by atoms with Crippen LogP contribution in [0.1, 0.15) is 45.6 Å². The van der Waals surface area contributed by atoms with Crippen molar-refractivity contribution in [2.45, 2.75) is 52.6 Å². The highest BCUT2D eigenvalue weighted by Crippen LogP contribution is 2.24. The predicted molar refractivity (Wildman–Crippen MR) is 87.1 cm³/mol. The number of carbonyl (C=O) groups excluding carboxylic acids is 2. The van der Waals surface area contributed by atoms with E-state index in [1.54, 1.807) is 4.90 Å². The molecule has 22 heavy (non-hydrogen) atoms. The van der Waals surface area contributed by atoms with Crippen LogP contribution < -0.4 is 5.32 Å². The fraction of sp³-hybridized carbons (Fsp3) is 0.556. The highest BCUT2D eigenvalue weighted by molar-refractivity contribution is 5.88. The molecule has 4 heteroatoms. The lowest BCUT2D eigenvalue weighted by Gasteiger charge is -2.27. The first-order valence-electron chi connectivity index (χ1n) is 7.98. The minimum atomic E-state index is -0.307. The number of hydrogen-bond acceptors (Lipinski definition) is 2. The standard InChI is InChI=1S/C18H26N2O2/c1-18(2,3)12-16(21)20-11-7-10-15(20)17(22)19-13-14-8-5-4-6-9-14/h4-6,8-9,15H,7,10-13H2,1-3H3,(H,19,22). The van der Waals surface area contributed by atoms with Crippen LogP contribution in [0.3, 0.4) is 0 Å². The first kappa shape index (κ1) is 16.5. The minimum absolute atomic E-state index is 0.0383. The lowest BCUT2D eigenvalue weighted by atomic mass is 9.91. The highest BCUT2D eigenvalue weighted by Gasteiger charge is 2.35. The molecule has 4 nitrogen and oxygen atoms in total. The van der Waals surface area contributed by atoms with Crippen molar-refractivity contribution >= 4 is 11.8 Å². The van der Waals surface area contributed by atoms with Gasteiger partial charge in [-0.25, -0.2) is 0 Å². The van der Waals surface area contributed by atoms with Crippen molar-refractivity contribution in [2.75, 3.05) is 6.54 Å². The van der Waals surface area contributed by atoms with Crippen LogP contribution in [0.5, 0.6) is 0 Å². The van der Waals surface area contributed by atoms with Crippen LogP contribution in [0.2, 0.25) is 0 Å². The van der Waals surface area contributed by atoms with Crippen LogP contribution >= 0.6 is 0 Å². The lowest BCUT2D eigenvalue weighted by molar-refractivity contribution is -0.139. The Morgan fingerprint density at radius 3 is 2.55 bits per heavy atom. The molecule has 0 bridgehead atoms. The first-order chi connectivity index (χ1) is 10.4. The quantitative estimate of drug-likeness (QED) is 0.929. The Kier molecular flexibility index (Phi) is 5.22. The SMILES string of the molecule is CC(C)(C)CC(=O)N1CCCC1C(=O)NCc1ccccc1. The first-order valence-corrected chi connectivity index (χ1v) is 7.98. The van der Waals surface area contributed by atoms with E-state index in [1.807, 2.05) is 51.1 Å². The lowest BCUT2D eigenvalue weighted by Crippen LogP contribution is -2.46. The largest absolute Gasteiger partial charge is 0.350 e. The molecule has 1 aromatic carbocycles. The number of rotatable bonds is 4. The zero-order valence-corrected chi connectivity index (χ0v) is 13.8. The molecule has 1 aromatic rings. The van der Waals surface area contributed by atoms with Crippen LogP contribution in [-0.4, -0.2) is 29.3 Å². The van der Waals surface area contributed by atoms with Gasteiger partial charge in [0.05, 0.1) is 0 Å². The van der Waals surface area contributed by atoms with Crippen LogP contribution in [0.25, 0.3) is 0 Å². The number of benzene rings is 1. The molecule has 2 rings (SSSR count). The summed E-state index contributed by atoms with van der Waals surface area (Å²) in [6.45, 7) is 7.35. The number of amides is 2. The second-order valence-corrected chi connectivity index (χ2v) is 7.19. The van der Waals surface area contributed by atoms with Gasteiger partial charge < -0.3 is 10.2 Å². The molecule has 1 heterocycles. The van der Waals surface area contributed by atoms with Gasteiger partial charge >= 0.3 is 0 Å². The smallest absolute Gasteiger partial charge is 0.243 e. The maximum atomic E-state index is 12.4. The molecule has 1 N–H and O–H groups in total. The molecule has 1 fully saturated rings. The van der Waals surface area contributed by atoms with E-state index in [0.717, 1.165) is 18.4 Å². The summed E-state index contributed by atoms with van der Waals surface area (Å²) in [4.78, 5) is 26.5. The third-order valence-electron chi connectivity index (χ3n) is 3.87. The summed E-state index contributed by atoms with van der Waals surface area (Å²) in [6.07, 6.45) is 2.14. The second-order valence-electron chi connectivity index (χ2n) is 7.19. The average Bonchev–Trinajstić information content (AvgIpc) is 2.93. The molecule has 2 amide bonds. The second kappa shape index (κ2) is 6.95. The summed E-state index contributed by atoms with van der Waals surface area (Å²) in [7, 11) is 0. The molecule has 1 aliphatic rings. The van der Waals surface area contributed by atoms with Crippen LogP contribution in [0, 0.1) is 5.41 Å².